The Labute approximate surface area is 121 Å². The molecule has 0 aliphatic carbocycles. The van der Waals surface area contributed by atoms with Gasteiger partial charge in [0.25, 0.3) is 0 Å². The Morgan fingerprint density at radius 3 is 2.48 bits per heavy atom. The summed E-state index contributed by atoms with van der Waals surface area (Å²) in [5.74, 6) is -2.13. The quantitative estimate of drug-likeness (QED) is 0.938. The van der Waals surface area contributed by atoms with Crippen LogP contribution in [0.5, 0.6) is 0 Å². The summed E-state index contributed by atoms with van der Waals surface area (Å²) in [6.45, 7) is 0. The monoisotopic (exact) mass is 279 g/mol. The van der Waals surface area contributed by atoms with Gasteiger partial charge in [0.05, 0.1) is 17.3 Å². The number of nitrogens with one attached hydrogen (secondary N) is 1. The number of anilines is 1. The summed E-state index contributed by atoms with van der Waals surface area (Å²) in [7, 11) is 0. The smallest absolute Gasteiger partial charge is 0.246 e. The van der Waals surface area contributed by atoms with Crippen LogP contribution in [0, 0.1) is 28.5 Å². The van der Waals surface area contributed by atoms with Gasteiger partial charge in [-0.05, 0) is 23.8 Å². The first-order valence-corrected chi connectivity index (χ1v) is 6.11. The van der Waals surface area contributed by atoms with Crippen molar-refractivity contribution in [1.82, 2.24) is 0 Å². The first-order valence-electron chi connectivity index (χ1n) is 6.11. The molecule has 1 unspecified atom stereocenters. The molecule has 0 aliphatic heterocycles. The van der Waals surface area contributed by atoms with Crippen LogP contribution in [-0.4, -0.2) is 5.91 Å². The van der Waals surface area contributed by atoms with Crippen molar-refractivity contribution >= 4 is 11.6 Å². The minimum absolute atomic E-state index is 0.00750. The van der Waals surface area contributed by atoms with Crippen LogP contribution in [-0.2, 0) is 4.79 Å². The minimum Gasteiger partial charge on any atom is -0.323 e. The standard InChI is InChI=1S/C16H10FN3O/c17-13-6-7-15(12(8-13)9-18)20-16(21)14(10-19)11-4-2-1-3-5-11/h1-8,14H,(H,20,21). The van der Waals surface area contributed by atoms with Gasteiger partial charge in [0.1, 0.15) is 11.9 Å². The first-order chi connectivity index (χ1) is 10.2. The lowest BCUT2D eigenvalue weighted by atomic mass is 9.99. The molecule has 4 nitrogen and oxygen atoms in total. The van der Waals surface area contributed by atoms with E-state index in [1.807, 2.05) is 6.07 Å². The van der Waals surface area contributed by atoms with Crippen molar-refractivity contribution in [3.8, 4) is 12.1 Å². The van der Waals surface area contributed by atoms with Crippen LogP contribution < -0.4 is 5.32 Å². The molecule has 102 valence electrons. The summed E-state index contributed by atoms with van der Waals surface area (Å²) in [4.78, 5) is 12.2. The summed E-state index contributed by atoms with van der Waals surface area (Å²) in [5, 5.41) is 20.6. The van der Waals surface area contributed by atoms with Crippen molar-refractivity contribution < 1.29 is 9.18 Å². The van der Waals surface area contributed by atoms with E-state index >= 15 is 0 Å². The SMILES string of the molecule is N#Cc1cc(F)ccc1NC(=O)C(C#N)c1ccccc1. The van der Waals surface area contributed by atoms with Gasteiger partial charge in [-0.25, -0.2) is 4.39 Å². The van der Waals surface area contributed by atoms with Crippen LogP contribution >= 0.6 is 0 Å². The Bertz CT molecular complexity index is 744. The van der Waals surface area contributed by atoms with Crippen LogP contribution in [0.15, 0.2) is 48.5 Å². The fourth-order valence-corrected chi connectivity index (χ4v) is 1.85. The number of carbonyl (C=O) groups is 1. The molecule has 0 fully saturated rings. The van der Waals surface area contributed by atoms with Gasteiger partial charge in [-0.15, -0.1) is 0 Å². The third-order valence-corrected chi connectivity index (χ3v) is 2.88. The molecule has 0 saturated heterocycles. The molecule has 0 heterocycles. The largest absolute Gasteiger partial charge is 0.323 e. The lowest BCUT2D eigenvalue weighted by Crippen LogP contribution is -2.20. The van der Waals surface area contributed by atoms with E-state index < -0.39 is 17.6 Å². The van der Waals surface area contributed by atoms with E-state index in [2.05, 4.69) is 5.32 Å². The fourth-order valence-electron chi connectivity index (χ4n) is 1.85. The summed E-state index contributed by atoms with van der Waals surface area (Å²) in [6, 6.07) is 15.8. The van der Waals surface area contributed by atoms with Crippen molar-refractivity contribution in [2.45, 2.75) is 5.92 Å². The predicted molar refractivity (Wildman–Crippen MR) is 74.5 cm³/mol. The van der Waals surface area contributed by atoms with Crippen LogP contribution in [0.4, 0.5) is 10.1 Å². The Kier molecular flexibility index (Phi) is 4.28. The second-order valence-corrected chi connectivity index (χ2v) is 4.26. The second-order valence-electron chi connectivity index (χ2n) is 4.26. The fraction of sp³-hybridized carbons (Fsp3) is 0.0625. The molecular formula is C16H10FN3O. The average molecular weight is 279 g/mol. The van der Waals surface area contributed by atoms with Crippen molar-refractivity contribution in [2.24, 2.45) is 0 Å². The first kappa shape index (κ1) is 14.2. The van der Waals surface area contributed by atoms with Crippen molar-refractivity contribution in [2.75, 3.05) is 5.32 Å². The Morgan fingerprint density at radius 2 is 1.86 bits per heavy atom. The number of amides is 1. The summed E-state index contributed by atoms with van der Waals surface area (Å²) in [6.07, 6.45) is 0. The number of halogens is 1. The van der Waals surface area contributed by atoms with Crippen molar-refractivity contribution in [3.63, 3.8) is 0 Å². The van der Waals surface area contributed by atoms with Crippen molar-refractivity contribution in [1.29, 1.82) is 10.5 Å². The number of rotatable bonds is 3. The van der Waals surface area contributed by atoms with Gasteiger partial charge < -0.3 is 5.32 Å². The van der Waals surface area contributed by atoms with E-state index in [-0.39, 0.29) is 11.3 Å². The van der Waals surface area contributed by atoms with Crippen LogP contribution in [0.1, 0.15) is 17.0 Å². The highest BCUT2D eigenvalue weighted by atomic mass is 19.1. The number of benzene rings is 2. The lowest BCUT2D eigenvalue weighted by Gasteiger charge is -2.11. The van der Waals surface area contributed by atoms with E-state index in [0.717, 1.165) is 12.1 Å². The number of nitriles is 2. The highest BCUT2D eigenvalue weighted by Crippen LogP contribution is 2.20. The Morgan fingerprint density at radius 1 is 1.14 bits per heavy atom. The van der Waals surface area contributed by atoms with Crippen LogP contribution in [0.3, 0.4) is 0 Å². The average Bonchev–Trinajstić information content (AvgIpc) is 2.51. The third kappa shape index (κ3) is 3.23. The van der Waals surface area contributed by atoms with Gasteiger partial charge in [0.2, 0.25) is 5.91 Å². The highest BCUT2D eigenvalue weighted by molar-refractivity contribution is 5.98. The highest BCUT2D eigenvalue weighted by Gasteiger charge is 2.21. The molecule has 0 radical (unpaired) electrons. The topological polar surface area (TPSA) is 76.7 Å². The van der Waals surface area contributed by atoms with Gasteiger partial charge in [-0.1, -0.05) is 30.3 Å². The molecule has 0 spiro atoms. The summed E-state index contributed by atoms with van der Waals surface area (Å²) >= 11 is 0. The maximum absolute atomic E-state index is 13.0. The van der Waals surface area contributed by atoms with Crippen molar-refractivity contribution in [3.05, 3.63) is 65.5 Å². The zero-order valence-electron chi connectivity index (χ0n) is 10.9. The number of nitrogens with zero attached hydrogens (tertiary/aromatic N) is 2. The molecule has 5 heteroatoms. The molecule has 1 amide bonds. The zero-order valence-corrected chi connectivity index (χ0v) is 10.9. The van der Waals surface area contributed by atoms with E-state index in [0.29, 0.717) is 5.56 Å². The third-order valence-electron chi connectivity index (χ3n) is 2.88. The molecule has 0 saturated carbocycles. The van der Waals surface area contributed by atoms with Gasteiger partial charge in [-0.3, -0.25) is 4.79 Å². The molecule has 2 rings (SSSR count). The maximum Gasteiger partial charge on any atom is 0.246 e. The molecule has 1 atom stereocenters. The molecule has 1 N–H and O–H groups in total. The molecule has 0 bridgehead atoms. The van der Waals surface area contributed by atoms with Crippen LogP contribution in [0.2, 0.25) is 0 Å². The van der Waals surface area contributed by atoms with Gasteiger partial charge in [0.15, 0.2) is 5.92 Å². The number of hydrogen-bond donors (Lipinski definition) is 1. The minimum atomic E-state index is -0.997. The predicted octanol–water partition coefficient (Wildman–Crippen LogP) is 2.94. The van der Waals surface area contributed by atoms with Gasteiger partial charge >= 0.3 is 0 Å². The maximum atomic E-state index is 13.0. The summed E-state index contributed by atoms with van der Waals surface area (Å²) in [5.41, 5.74) is 0.742. The molecule has 2 aromatic rings. The molecule has 0 aromatic heterocycles. The van der Waals surface area contributed by atoms with Gasteiger partial charge in [0, 0.05) is 0 Å². The Hall–Kier alpha value is -3.18. The summed E-state index contributed by atoms with van der Waals surface area (Å²) < 4.78 is 13.0. The molecule has 21 heavy (non-hydrogen) atoms. The number of hydrogen-bond acceptors (Lipinski definition) is 3. The normalized spacial score (nSPS) is 11.0. The number of carbonyl (C=O) groups excluding carboxylic acids is 1. The van der Waals surface area contributed by atoms with E-state index in [1.165, 1.54) is 6.07 Å². The Balaban J connectivity index is 2.26. The van der Waals surface area contributed by atoms with Gasteiger partial charge in [-0.2, -0.15) is 10.5 Å². The van der Waals surface area contributed by atoms with Crippen LogP contribution in [0.25, 0.3) is 0 Å². The molecule has 0 aliphatic rings. The second kappa shape index (κ2) is 6.31. The molecule has 2 aromatic carbocycles. The van der Waals surface area contributed by atoms with E-state index in [4.69, 9.17) is 10.5 Å². The van der Waals surface area contributed by atoms with E-state index in [1.54, 1.807) is 36.4 Å². The lowest BCUT2D eigenvalue weighted by molar-refractivity contribution is -0.116. The van der Waals surface area contributed by atoms with E-state index in [9.17, 15) is 9.18 Å². The molecular weight excluding hydrogens is 269 g/mol. The zero-order chi connectivity index (χ0) is 15.2.